The number of rotatable bonds is 12. The maximum Gasteiger partial charge on any atom is 0.125 e. The van der Waals surface area contributed by atoms with Crippen LogP contribution in [0.4, 0.5) is 11.4 Å². The summed E-state index contributed by atoms with van der Waals surface area (Å²) in [5, 5.41) is 0. The van der Waals surface area contributed by atoms with Crippen LogP contribution in [-0.4, -0.2) is 75.7 Å². The third-order valence-electron chi connectivity index (χ3n) is 6.98. The van der Waals surface area contributed by atoms with E-state index in [1.165, 1.54) is 11.1 Å². The van der Waals surface area contributed by atoms with Gasteiger partial charge < -0.3 is 19.3 Å². The molecule has 6 nitrogen and oxygen atoms in total. The van der Waals surface area contributed by atoms with Crippen LogP contribution in [0.25, 0.3) is 0 Å². The Labute approximate surface area is 226 Å². The molecule has 2 aliphatic heterocycles. The lowest BCUT2D eigenvalue weighted by molar-refractivity contribution is 0.280. The normalized spacial score (nSPS) is 13.9. The molecule has 0 saturated carbocycles. The van der Waals surface area contributed by atoms with Crippen LogP contribution in [0, 0.1) is 0 Å². The molecular weight excluding hydrogens is 472 g/mol. The molecule has 2 aliphatic rings. The maximum atomic E-state index is 6.12. The molecule has 0 fully saturated rings. The average Bonchev–Trinajstić information content (AvgIpc) is 3.54. The molecule has 0 atom stereocenters. The maximum absolute atomic E-state index is 6.12. The Balaban J connectivity index is 1.22. The van der Waals surface area contributed by atoms with E-state index < -0.39 is 0 Å². The minimum Gasteiger partial charge on any atom is -0.493 e. The van der Waals surface area contributed by atoms with E-state index in [4.69, 9.17) is 19.5 Å². The van der Waals surface area contributed by atoms with Crippen molar-refractivity contribution in [1.82, 2.24) is 9.80 Å². The smallest absolute Gasteiger partial charge is 0.125 e. The van der Waals surface area contributed by atoms with Gasteiger partial charge in [-0.05, 0) is 76.4 Å². The first kappa shape index (κ1) is 26.1. The van der Waals surface area contributed by atoms with Crippen molar-refractivity contribution in [3.8, 4) is 11.5 Å². The van der Waals surface area contributed by atoms with Gasteiger partial charge in [-0.2, -0.15) is 0 Å². The molecule has 198 valence electrons. The number of hydrogen-bond acceptors (Lipinski definition) is 6. The zero-order valence-electron chi connectivity index (χ0n) is 23.0. The van der Waals surface area contributed by atoms with Crippen molar-refractivity contribution in [1.29, 1.82) is 0 Å². The lowest BCUT2D eigenvalue weighted by Gasteiger charge is -2.12. The second-order valence-electron chi connectivity index (χ2n) is 10.6. The highest BCUT2D eigenvalue weighted by atomic mass is 16.5. The SMILES string of the molecule is CN(C)CCCOc1cccc2c1CC(c1ccc(C3=Nc4cccc(OCCCN(C)C)c4C3)cc1)=N2. The van der Waals surface area contributed by atoms with Gasteiger partial charge in [-0.25, -0.2) is 0 Å². The van der Waals surface area contributed by atoms with Gasteiger partial charge in [-0.3, -0.25) is 9.98 Å². The fourth-order valence-corrected chi connectivity index (χ4v) is 4.96. The Hall–Kier alpha value is -3.48. The molecule has 0 radical (unpaired) electrons. The standard InChI is InChI=1S/C32H38N4O2/c1-35(2)17-7-19-37-31-11-5-9-27-25(31)21-29(33-27)23-13-15-24(16-14-23)30-22-26-28(34-30)10-6-12-32(26)38-20-8-18-36(3)4/h5-6,9-16H,7-8,17-22H2,1-4H3. The van der Waals surface area contributed by atoms with Gasteiger partial charge in [-0.15, -0.1) is 0 Å². The molecule has 38 heavy (non-hydrogen) atoms. The summed E-state index contributed by atoms with van der Waals surface area (Å²) < 4.78 is 12.2. The van der Waals surface area contributed by atoms with Crippen LogP contribution >= 0.6 is 0 Å². The summed E-state index contributed by atoms with van der Waals surface area (Å²) in [6.45, 7) is 3.47. The minimum absolute atomic E-state index is 0.714. The predicted octanol–water partition coefficient (Wildman–Crippen LogP) is 5.70. The molecule has 0 saturated heterocycles. The number of nitrogens with zero attached hydrogens (tertiary/aromatic N) is 4. The first-order chi connectivity index (χ1) is 18.5. The monoisotopic (exact) mass is 510 g/mol. The molecule has 5 rings (SSSR count). The molecule has 0 aromatic heterocycles. The van der Waals surface area contributed by atoms with Crippen molar-refractivity contribution in [2.24, 2.45) is 9.98 Å². The fourth-order valence-electron chi connectivity index (χ4n) is 4.96. The number of benzene rings is 3. The van der Waals surface area contributed by atoms with E-state index in [9.17, 15) is 0 Å². The van der Waals surface area contributed by atoms with Crippen LogP contribution in [-0.2, 0) is 12.8 Å². The van der Waals surface area contributed by atoms with Gasteiger partial charge in [0.2, 0.25) is 0 Å². The topological polar surface area (TPSA) is 49.7 Å². The highest BCUT2D eigenvalue weighted by Crippen LogP contribution is 2.37. The summed E-state index contributed by atoms with van der Waals surface area (Å²) in [6, 6.07) is 21.0. The zero-order valence-corrected chi connectivity index (χ0v) is 23.0. The van der Waals surface area contributed by atoms with Crippen molar-refractivity contribution in [2.75, 3.05) is 54.5 Å². The van der Waals surface area contributed by atoms with E-state index in [0.717, 1.165) is 84.2 Å². The Morgan fingerprint density at radius 1 is 0.605 bits per heavy atom. The summed E-state index contributed by atoms with van der Waals surface area (Å²) in [5.41, 5.74) is 8.86. The second-order valence-corrected chi connectivity index (χ2v) is 10.6. The predicted molar refractivity (Wildman–Crippen MR) is 156 cm³/mol. The van der Waals surface area contributed by atoms with Crippen molar-refractivity contribution in [3.05, 3.63) is 82.9 Å². The van der Waals surface area contributed by atoms with Crippen LogP contribution in [0.15, 0.2) is 70.6 Å². The van der Waals surface area contributed by atoms with Crippen molar-refractivity contribution < 1.29 is 9.47 Å². The number of aliphatic imine (C=N–C) groups is 2. The molecule has 2 heterocycles. The molecular formula is C32H38N4O2. The third kappa shape index (κ3) is 6.14. The summed E-state index contributed by atoms with van der Waals surface area (Å²) in [4.78, 5) is 14.2. The Bertz CT molecular complexity index is 1220. The zero-order chi connectivity index (χ0) is 26.5. The number of hydrogen-bond donors (Lipinski definition) is 0. The highest BCUT2D eigenvalue weighted by molar-refractivity contribution is 6.09. The van der Waals surface area contributed by atoms with Crippen LogP contribution < -0.4 is 9.47 Å². The van der Waals surface area contributed by atoms with Gasteiger partial charge in [-0.1, -0.05) is 36.4 Å². The van der Waals surface area contributed by atoms with Crippen LogP contribution in [0.3, 0.4) is 0 Å². The molecule has 0 amide bonds. The molecule has 0 N–H and O–H groups in total. The molecule has 3 aromatic carbocycles. The summed E-state index contributed by atoms with van der Waals surface area (Å²) in [6.07, 6.45) is 3.59. The average molecular weight is 511 g/mol. The lowest BCUT2D eigenvalue weighted by Crippen LogP contribution is -2.15. The van der Waals surface area contributed by atoms with Gasteiger partial charge >= 0.3 is 0 Å². The summed E-state index contributed by atoms with van der Waals surface area (Å²) in [5.74, 6) is 1.91. The molecule has 0 aliphatic carbocycles. The largest absolute Gasteiger partial charge is 0.493 e. The van der Waals surface area contributed by atoms with Gasteiger partial charge in [0.25, 0.3) is 0 Å². The first-order valence-corrected chi connectivity index (χ1v) is 13.5. The second kappa shape index (κ2) is 11.9. The summed E-state index contributed by atoms with van der Waals surface area (Å²) in [7, 11) is 8.35. The van der Waals surface area contributed by atoms with E-state index in [1.54, 1.807) is 0 Å². The van der Waals surface area contributed by atoms with Crippen molar-refractivity contribution >= 4 is 22.8 Å². The Kier molecular flexibility index (Phi) is 8.20. The minimum atomic E-state index is 0.714. The van der Waals surface area contributed by atoms with E-state index in [0.29, 0.717) is 13.2 Å². The first-order valence-electron chi connectivity index (χ1n) is 13.5. The van der Waals surface area contributed by atoms with E-state index >= 15 is 0 Å². The molecule has 0 spiro atoms. The Morgan fingerprint density at radius 3 is 1.42 bits per heavy atom. The quantitative estimate of drug-likeness (QED) is 0.293. The van der Waals surface area contributed by atoms with E-state index in [2.05, 4.69) is 86.5 Å². The molecule has 0 bridgehead atoms. The lowest BCUT2D eigenvalue weighted by atomic mass is 9.99. The van der Waals surface area contributed by atoms with Crippen LogP contribution in [0.1, 0.15) is 35.1 Å². The fraction of sp³-hybridized carbons (Fsp3) is 0.375. The third-order valence-corrected chi connectivity index (χ3v) is 6.98. The van der Waals surface area contributed by atoms with E-state index in [1.807, 2.05) is 12.1 Å². The van der Waals surface area contributed by atoms with Crippen molar-refractivity contribution in [2.45, 2.75) is 25.7 Å². The number of fused-ring (bicyclic) bond motifs is 2. The Morgan fingerprint density at radius 2 is 1.03 bits per heavy atom. The van der Waals surface area contributed by atoms with Crippen molar-refractivity contribution in [3.63, 3.8) is 0 Å². The summed E-state index contributed by atoms with van der Waals surface area (Å²) >= 11 is 0. The van der Waals surface area contributed by atoms with E-state index in [-0.39, 0.29) is 0 Å². The van der Waals surface area contributed by atoms with Crippen LogP contribution in [0.5, 0.6) is 11.5 Å². The molecule has 3 aromatic rings. The van der Waals surface area contributed by atoms with Gasteiger partial charge in [0.15, 0.2) is 0 Å². The molecule has 6 heteroatoms. The molecule has 0 unspecified atom stereocenters. The van der Waals surface area contributed by atoms with Gasteiger partial charge in [0.05, 0.1) is 36.0 Å². The van der Waals surface area contributed by atoms with Gasteiger partial charge in [0.1, 0.15) is 11.5 Å². The van der Waals surface area contributed by atoms with Crippen LogP contribution in [0.2, 0.25) is 0 Å². The number of ether oxygens (including phenoxy) is 2. The van der Waals surface area contributed by atoms with Gasteiger partial charge in [0, 0.05) is 37.1 Å². The highest BCUT2D eigenvalue weighted by Gasteiger charge is 2.22.